The lowest BCUT2D eigenvalue weighted by Gasteiger charge is -2.34. The lowest BCUT2D eigenvalue weighted by Crippen LogP contribution is -2.51. The van der Waals surface area contributed by atoms with E-state index in [1.54, 1.807) is 12.1 Å². The van der Waals surface area contributed by atoms with E-state index in [1.807, 2.05) is 30.0 Å². The topological polar surface area (TPSA) is 64.7 Å². The number of nitrogens with zero attached hydrogens (tertiary/aromatic N) is 2. The molecule has 0 aliphatic carbocycles. The predicted molar refractivity (Wildman–Crippen MR) is 136 cm³/mol. The largest absolute Gasteiger partial charge is 0.348 e. The third kappa shape index (κ3) is 7.21. The van der Waals surface area contributed by atoms with E-state index in [0.29, 0.717) is 38.4 Å². The fourth-order valence-electron chi connectivity index (χ4n) is 4.24. The van der Waals surface area contributed by atoms with E-state index >= 15 is 0 Å². The molecule has 0 saturated carbocycles. The quantitative estimate of drug-likeness (QED) is 0.519. The molecule has 1 aliphatic heterocycles. The zero-order valence-corrected chi connectivity index (χ0v) is 19.9. The maximum atomic E-state index is 13.3. The molecule has 1 saturated heterocycles. The molecule has 2 amide bonds. The second-order valence-corrected chi connectivity index (χ2v) is 8.89. The molecule has 1 fully saturated rings. The molecule has 3 aromatic carbocycles. The third-order valence-electron chi connectivity index (χ3n) is 6.20. The van der Waals surface area contributed by atoms with Crippen molar-refractivity contribution in [2.75, 3.05) is 44.6 Å². The van der Waals surface area contributed by atoms with Gasteiger partial charge in [0.1, 0.15) is 5.82 Å². The minimum absolute atomic E-state index is 0.0121. The zero-order valence-electron chi connectivity index (χ0n) is 19.9. The van der Waals surface area contributed by atoms with Crippen molar-refractivity contribution in [3.8, 4) is 11.1 Å². The maximum absolute atomic E-state index is 13.3. The van der Waals surface area contributed by atoms with Gasteiger partial charge in [-0.1, -0.05) is 60.7 Å². The van der Waals surface area contributed by atoms with Crippen LogP contribution in [-0.4, -0.2) is 60.9 Å². The first-order valence-corrected chi connectivity index (χ1v) is 11.9. The summed E-state index contributed by atoms with van der Waals surface area (Å²) in [5.41, 5.74) is 3.83. The SMILES string of the molecule is C[C@H](NC(=O)CN1CCN(CC(=O)Nc2cccc(F)c2)CC1)c1ccc(-c2ccccc2)cc1. The highest BCUT2D eigenvalue weighted by atomic mass is 19.1. The van der Waals surface area contributed by atoms with Crippen LogP contribution >= 0.6 is 0 Å². The van der Waals surface area contributed by atoms with Crippen molar-refractivity contribution in [1.82, 2.24) is 15.1 Å². The Morgan fingerprint density at radius 2 is 1.40 bits per heavy atom. The summed E-state index contributed by atoms with van der Waals surface area (Å²) in [4.78, 5) is 29.0. The summed E-state index contributed by atoms with van der Waals surface area (Å²) in [7, 11) is 0. The number of hydrogen-bond donors (Lipinski definition) is 2. The lowest BCUT2D eigenvalue weighted by molar-refractivity contribution is -0.124. The fraction of sp³-hybridized carbons (Fsp3) is 0.286. The van der Waals surface area contributed by atoms with Crippen LogP contribution in [0.3, 0.4) is 0 Å². The Hall–Kier alpha value is -3.55. The smallest absolute Gasteiger partial charge is 0.238 e. The number of nitrogens with one attached hydrogen (secondary N) is 2. The van der Waals surface area contributed by atoms with Crippen molar-refractivity contribution in [3.63, 3.8) is 0 Å². The number of hydrogen-bond acceptors (Lipinski definition) is 4. The number of piperazine rings is 1. The van der Waals surface area contributed by atoms with Gasteiger partial charge in [-0.25, -0.2) is 4.39 Å². The Bertz CT molecular complexity index is 1130. The second kappa shape index (κ2) is 11.7. The molecule has 4 rings (SSSR count). The van der Waals surface area contributed by atoms with Crippen LogP contribution in [0, 0.1) is 5.82 Å². The molecule has 0 spiro atoms. The molecule has 0 unspecified atom stereocenters. The van der Waals surface area contributed by atoms with E-state index in [0.717, 1.165) is 11.1 Å². The van der Waals surface area contributed by atoms with E-state index in [-0.39, 0.29) is 30.2 Å². The van der Waals surface area contributed by atoms with Gasteiger partial charge in [0.25, 0.3) is 0 Å². The molecule has 3 aromatic rings. The summed E-state index contributed by atoms with van der Waals surface area (Å²) in [5, 5.41) is 5.81. The molecule has 1 aliphatic rings. The highest BCUT2D eigenvalue weighted by Crippen LogP contribution is 2.21. The van der Waals surface area contributed by atoms with Crippen molar-refractivity contribution >= 4 is 17.5 Å². The summed E-state index contributed by atoms with van der Waals surface area (Å²) < 4.78 is 13.3. The molecule has 7 heteroatoms. The monoisotopic (exact) mass is 474 g/mol. The average Bonchev–Trinajstić information content (AvgIpc) is 2.86. The van der Waals surface area contributed by atoms with E-state index in [2.05, 4.69) is 51.9 Å². The van der Waals surface area contributed by atoms with Crippen LogP contribution in [0.2, 0.25) is 0 Å². The third-order valence-corrected chi connectivity index (χ3v) is 6.20. The highest BCUT2D eigenvalue weighted by Gasteiger charge is 2.21. The average molecular weight is 475 g/mol. The Labute approximate surface area is 205 Å². The normalized spacial score (nSPS) is 15.4. The van der Waals surface area contributed by atoms with Gasteiger partial charge in [0, 0.05) is 31.9 Å². The van der Waals surface area contributed by atoms with Crippen molar-refractivity contribution < 1.29 is 14.0 Å². The maximum Gasteiger partial charge on any atom is 0.238 e. The predicted octanol–water partition coefficient (Wildman–Crippen LogP) is 3.93. The van der Waals surface area contributed by atoms with Crippen LogP contribution in [0.4, 0.5) is 10.1 Å². The number of amides is 2. The summed E-state index contributed by atoms with van der Waals surface area (Å²) in [6.45, 7) is 5.37. The second-order valence-electron chi connectivity index (χ2n) is 8.89. The van der Waals surface area contributed by atoms with E-state index in [9.17, 15) is 14.0 Å². The number of rotatable bonds is 8. The molecule has 1 atom stereocenters. The minimum Gasteiger partial charge on any atom is -0.348 e. The van der Waals surface area contributed by atoms with Crippen molar-refractivity contribution in [2.24, 2.45) is 0 Å². The van der Waals surface area contributed by atoms with Gasteiger partial charge in [0.15, 0.2) is 0 Å². The molecule has 0 bridgehead atoms. The van der Waals surface area contributed by atoms with Crippen LogP contribution in [0.15, 0.2) is 78.9 Å². The van der Waals surface area contributed by atoms with E-state index in [1.165, 1.54) is 17.7 Å². The molecule has 1 heterocycles. The molecular formula is C28H31FN4O2. The Morgan fingerprint density at radius 1 is 0.800 bits per heavy atom. The van der Waals surface area contributed by atoms with Gasteiger partial charge in [0.05, 0.1) is 19.1 Å². The molecule has 0 radical (unpaired) electrons. The van der Waals surface area contributed by atoms with Gasteiger partial charge in [0.2, 0.25) is 11.8 Å². The fourth-order valence-corrected chi connectivity index (χ4v) is 4.24. The Morgan fingerprint density at radius 3 is 2.03 bits per heavy atom. The Balaban J connectivity index is 1.18. The van der Waals surface area contributed by atoms with Gasteiger partial charge < -0.3 is 10.6 Å². The van der Waals surface area contributed by atoms with Gasteiger partial charge >= 0.3 is 0 Å². The van der Waals surface area contributed by atoms with E-state index < -0.39 is 0 Å². The van der Waals surface area contributed by atoms with Gasteiger partial charge in [-0.3, -0.25) is 19.4 Å². The van der Waals surface area contributed by atoms with Crippen LogP contribution in [-0.2, 0) is 9.59 Å². The van der Waals surface area contributed by atoms with Crippen LogP contribution in [0.5, 0.6) is 0 Å². The summed E-state index contributed by atoms with van der Waals surface area (Å²) in [6, 6.07) is 24.3. The summed E-state index contributed by atoms with van der Waals surface area (Å²) in [6.07, 6.45) is 0. The first kappa shape index (κ1) is 24.6. The molecule has 6 nitrogen and oxygen atoms in total. The zero-order chi connectivity index (χ0) is 24.6. The van der Waals surface area contributed by atoms with Crippen molar-refractivity contribution in [1.29, 1.82) is 0 Å². The van der Waals surface area contributed by atoms with Crippen molar-refractivity contribution in [2.45, 2.75) is 13.0 Å². The van der Waals surface area contributed by atoms with E-state index in [4.69, 9.17) is 0 Å². The first-order chi connectivity index (χ1) is 17.0. The minimum atomic E-state index is -0.381. The Kier molecular flexibility index (Phi) is 8.23. The highest BCUT2D eigenvalue weighted by molar-refractivity contribution is 5.92. The molecule has 0 aromatic heterocycles. The number of benzene rings is 3. The van der Waals surface area contributed by atoms with Crippen LogP contribution < -0.4 is 10.6 Å². The van der Waals surface area contributed by atoms with Crippen molar-refractivity contribution in [3.05, 3.63) is 90.2 Å². The molecule has 35 heavy (non-hydrogen) atoms. The van der Waals surface area contributed by atoms with Gasteiger partial charge in [-0.05, 0) is 41.8 Å². The van der Waals surface area contributed by atoms with Gasteiger partial charge in [-0.15, -0.1) is 0 Å². The number of carbonyl (C=O) groups excluding carboxylic acids is 2. The number of carbonyl (C=O) groups is 2. The standard InChI is InChI=1S/C28H31FN4O2/c1-21(22-10-12-24(13-11-22)23-6-3-2-4-7-23)30-27(34)19-32-14-16-33(17-15-32)20-28(35)31-26-9-5-8-25(29)18-26/h2-13,18,21H,14-17,19-20H2,1H3,(H,30,34)(H,31,35)/t21-/m0/s1. The molecular weight excluding hydrogens is 443 g/mol. The van der Waals surface area contributed by atoms with Crippen LogP contribution in [0.25, 0.3) is 11.1 Å². The first-order valence-electron chi connectivity index (χ1n) is 11.9. The molecule has 182 valence electrons. The number of halogens is 1. The molecule has 2 N–H and O–H groups in total. The lowest BCUT2D eigenvalue weighted by atomic mass is 10.0. The summed E-state index contributed by atoms with van der Waals surface area (Å²) >= 11 is 0. The summed E-state index contributed by atoms with van der Waals surface area (Å²) in [5.74, 6) is -0.566. The number of anilines is 1. The van der Waals surface area contributed by atoms with Crippen LogP contribution in [0.1, 0.15) is 18.5 Å². The van der Waals surface area contributed by atoms with Gasteiger partial charge in [-0.2, -0.15) is 0 Å².